The Balaban J connectivity index is 1.61. The quantitative estimate of drug-likeness (QED) is 0.782. The molecule has 5 heteroatoms. The van der Waals surface area contributed by atoms with Gasteiger partial charge in [-0.3, -0.25) is 0 Å². The second-order valence-corrected chi connectivity index (χ2v) is 7.04. The van der Waals surface area contributed by atoms with Crippen LogP contribution in [0.15, 0.2) is 12.1 Å². The van der Waals surface area contributed by atoms with Crippen molar-refractivity contribution >= 4 is 40.5 Å². The first-order chi connectivity index (χ1) is 9.58. The smallest absolute Gasteiger partial charge is 0.0756 e. The molecule has 1 unspecified atom stereocenters. The van der Waals surface area contributed by atoms with E-state index < -0.39 is 0 Å². The number of rotatable bonds is 3. The summed E-state index contributed by atoms with van der Waals surface area (Å²) in [5.74, 6) is 0. The van der Waals surface area contributed by atoms with E-state index in [9.17, 15) is 0 Å². The Morgan fingerprint density at radius 1 is 1.10 bits per heavy atom. The summed E-state index contributed by atoms with van der Waals surface area (Å²) in [4.78, 5) is 0. The molecule has 0 aromatic heterocycles. The molecule has 1 aromatic rings. The first-order valence-corrected chi connectivity index (χ1v) is 8.28. The summed E-state index contributed by atoms with van der Waals surface area (Å²) in [5, 5.41) is 4.96. The molecule has 1 saturated carbocycles. The Kier molecular flexibility index (Phi) is 4.37. The lowest BCUT2D eigenvalue weighted by Crippen LogP contribution is -2.28. The van der Waals surface area contributed by atoms with E-state index >= 15 is 0 Å². The molecule has 20 heavy (non-hydrogen) atoms. The van der Waals surface area contributed by atoms with Crippen molar-refractivity contribution in [3.63, 3.8) is 0 Å². The fourth-order valence-electron chi connectivity index (χ4n) is 3.35. The molecule has 0 bridgehead atoms. The second kappa shape index (κ2) is 5.92. The van der Waals surface area contributed by atoms with Crippen LogP contribution in [0.5, 0.6) is 0 Å². The lowest BCUT2D eigenvalue weighted by atomic mass is 9.98. The van der Waals surface area contributed by atoms with Gasteiger partial charge in [-0.15, -0.1) is 0 Å². The van der Waals surface area contributed by atoms with Crippen molar-refractivity contribution in [1.29, 1.82) is 0 Å². The predicted molar refractivity (Wildman–Crippen MR) is 85.3 cm³/mol. The summed E-state index contributed by atoms with van der Waals surface area (Å²) < 4.78 is 6.26. The Morgan fingerprint density at radius 3 is 2.40 bits per heavy atom. The molecule has 1 N–H and O–H groups in total. The van der Waals surface area contributed by atoms with Crippen molar-refractivity contribution in [2.24, 2.45) is 0 Å². The van der Waals surface area contributed by atoms with E-state index in [1.807, 2.05) is 0 Å². The summed E-state index contributed by atoms with van der Waals surface area (Å²) in [5.41, 5.74) is 0.911. The van der Waals surface area contributed by atoms with Crippen LogP contribution in [0.4, 0.5) is 5.69 Å². The van der Waals surface area contributed by atoms with Crippen LogP contribution >= 0.6 is 34.8 Å². The van der Waals surface area contributed by atoms with Gasteiger partial charge in [-0.2, -0.15) is 0 Å². The van der Waals surface area contributed by atoms with Gasteiger partial charge in [-0.1, -0.05) is 47.6 Å². The van der Waals surface area contributed by atoms with E-state index in [1.54, 1.807) is 12.1 Å². The van der Waals surface area contributed by atoms with E-state index in [1.165, 1.54) is 32.1 Å². The number of hydrogen-bond donors (Lipinski definition) is 1. The molecule has 1 aliphatic carbocycles. The van der Waals surface area contributed by atoms with E-state index in [0.29, 0.717) is 15.1 Å². The molecule has 1 atom stereocenters. The Hall–Kier alpha value is -0.150. The molecule has 1 spiro atoms. The van der Waals surface area contributed by atoms with Crippen molar-refractivity contribution in [3.8, 4) is 0 Å². The monoisotopic (exact) mass is 333 g/mol. The molecule has 2 fully saturated rings. The maximum Gasteiger partial charge on any atom is 0.0756 e. The van der Waals surface area contributed by atoms with Gasteiger partial charge in [0.1, 0.15) is 0 Å². The second-order valence-electron chi connectivity index (χ2n) is 5.79. The molecule has 0 amide bonds. The van der Waals surface area contributed by atoms with Crippen molar-refractivity contribution in [2.75, 3.05) is 11.9 Å². The highest BCUT2D eigenvalue weighted by Crippen LogP contribution is 2.43. The number of nitrogens with one attached hydrogen (secondary N) is 1. The lowest BCUT2D eigenvalue weighted by Gasteiger charge is -2.24. The van der Waals surface area contributed by atoms with Gasteiger partial charge in [0.05, 0.1) is 27.4 Å². The van der Waals surface area contributed by atoms with Crippen LogP contribution in [-0.2, 0) is 4.74 Å². The summed E-state index contributed by atoms with van der Waals surface area (Å²) in [6.07, 6.45) is 7.56. The third kappa shape index (κ3) is 3.04. The average molecular weight is 335 g/mol. The van der Waals surface area contributed by atoms with Crippen molar-refractivity contribution in [1.82, 2.24) is 0 Å². The molecule has 3 rings (SSSR count). The molecule has 2 aliphatic rings. The van der Waals surface area contributed by atoms with Gasteiger partial charge in [0.25, 0.3) is 0 Å². The minimum Gasteiger partial charge on any atom is -0.380 e. The van der Waals surface area contributed by atoms with Crippen LogP contribution < -0.4 is 5.32 Å². The molecule has 0 radical (unpaired) electrons. The predicted octanol–water partition coefficient (Wildman–Crippen LogP) is 5.55. The Bertz CT molecular complexity index is 477. The highest BCUT2D eigenvalue weighted by atomic mass is 35.5. The lowest BCUT2D eigenvalue weighted by molar-refractivity contribution is -0.0307. The van der Waals surface area contributed by atoms with E-state index in [4.69, 9.17) is 39.5 Å². The fraction of sp³-hybridized carbons (Fsp3) is 0.600. The summed E-state index contributed by atoms with van der Waals surface area (Å²) in [6, 6.07) is 3.40. The summed E-state index contributed by atoms with van der Waals surface area (Å²) in [6.45, 7) is 0.739. The topological polar surface area (TPSA) is 21.3 Å². The van der Waals surface area contributed by atoms with E-state index in [0.717, 1.165) is 18.7 Å². The SMILES string of the molecule is Clc1cc(Cl)c(NCC2CCC3(CCCC3)O2)c(Cl)c1. The van der Waals surface area contributed by atoms with E-state index in [2.05, 4.69) is 5.32 Å². The van der Waals surface area contributed by atoms with E-state index in [-0.39, 0.29) is 11.7 Å². The molecule has 110 valence electrons. The minimum atomic E-state index is 0.167. The zero-order chi connectivity index (χ0) is 14.2. The van der Waals surface area contributed by atoms with Crippen LogP contribution in [0.3, 0.4) is 0 Å². The number of ether oxygens (including phenoxy) is 1. The van der Waals surface area contributed by atoms with Gasteiger partial charge >= 0.3 is 0 Å². The van der Waals surface area contributed by atoms with Gasteiger partial charge < -0.3 is 10.1 Å². The first-order valence-electron chi connectivity index (χ1n) is 7.14. The molecule has 1 aromatic carbocycles. The van der Waals surface area contributed by atoms with Crippen LogP contribution in [0.2, 0.25) is 15.1 Å². The summed E-state index contributed by atoms with van der Waals surface area (Å²) >= 11 is 18.2. The normalized spacial score (nSPS) is 24.4. The zero-order valence-electron chi connectivity index (χ0n) is 11.2. The zero-order valence-corrected chi connectivity index (χ0v) is 13.5. The maximum absolute atomic E-state index is 6.26. The molecular formula is C15H18Cl3NO. The first kappa shape index (κ1) is 14.8. The molecule has 2 nitrogen and oxygen atoms in total. The van der Waals surface area contributed by atoms with Crippen LogP contribution in [0, 0.1) is 0 Å². The Labute approximate surface area is 134 Å². The third-order valence-electron chi connectivity index (χ3n) is 4.37. The number of anilines is 1. The fourth-order valence-corrected chi connectivity index (χ4v) is 4.30. The van der Waals surface area contributed by atoms with Gasteiger partial charge in [0.2, 0.25) is 0 Å². The average Bonchev–Trinajstić information content (AvgIpc) is 2.99. The third-order valence-corrected chi connectivity index (χ3v) is 5.18. The number of benzene rings is 1. The minimum absolute atomic E-state index is 0.167. The number of halogens is 3. The molecule has 1 heterocycles. The van der Waals surface area contributed by atoms with Crippen LogP contribution in [0.25, 0.3) is 0 Å². The van der Waals surface area contributed by atoms with Crippen molar-refractivity contribution in [2.45, 2.75) is 50.2 Å². The van der Waals surface area contributed by atoms with Crippen molar-refractivity contribution < 1.29 is 4.74 Å². The van der Waals surface area contributed by atoms with Gasteiger partial charge in [0, 0.05) is 11.6 Å². The van der Waals surface area contributed by atoms with Crippen LogP contribution in [-0.4, -0.2) is 18.2 Å². The van der Waals surface area contributed by atoms with Crippen LogP contribution in [0.1, 0.15) is 38.5 Å². The van der Waals surface area contributed by atoms with Gasteiger partial charge in [-0.25, -0.2) is 0 Å². The molecule has 1 saturated heterocycles. The maximum atomic E-state index is 6.26. The number of hydrogen-bond acceptors (Lipinski definition) is 2. The molecular weight excluding hydrogens is 317 g/mol. The Morgan fingerprint density at radius 2 is 1.75 bits per heavy atom. The highest BCUT2D eigenvalue weighted by molar-refractivity contribution is 6.41. The van der Waals surface area contributed by atoms with Crippen molar-refractivity contribution in [3.05, 3.63) is 27.2 Å². The van der Waals surface area contributed by atoms with Gasteiger partial charge in [0.15, 0.2) is 0 Å². The summed E-state index contributed by atoms with van der Waals surface area (Å²) in [7, 11) is 0. The van der Waals surface area contributed by atoms with Gasteiger partial charge in [-0.05, 0) is 37.8 Å². The standard InChI is InChI=1S/C15H18Cl3NO/c16-10-7-12(17)14(13(18)8-10)19-9-11-3-6-15(20-11)4-1-2-5-15/h7-8,11,19H,1-6,9H2. The highest BCUT2D eigenvalue weighted by Gasteiger charge is 2.41. The molecule has 1 aliphatic heterocycles. The largest absolute Gasteiger partial charge is 0.380 e.